The molecule has 0 aliphatic heterocycles. The Labute approximate surface area is 127 Å². The van der Waals surface area contributed by atoms with Crippen molar-refractivity contribution < 1.29 is 18.0 Å². The van der Waals surface area contributed by atoms with Gasteiger partial charge in [-0.1, -0.05) is 6.07 Å². The first-order valence-corrected chi connectivity index (χ1v) is 6.67. The highest BCUT2D eigenvalue weighted by atomic mass is 79.9. The minimum Gasteiger partial charge on any atom is -0.320 e. The number of rotatable bonds is 2. The Balaban J connectivity index is 2.19. The number of aryl methyl sites for hydroxylation is 1. The molecular weight excluding hydrogens is 349 g/mol. The van der Waals surface area contributed by atoms with Crippen molar-refractivity contribution in [1.82, 2.24) is 4.98 Å². The van der Waals surface area contributed by atoms with Gasteiger partial charge in [0.05, 0.1) is 11.3 Å². The van der Waals surface area contributed by atoms with E-state index >= 15 is 0 Å². The van der Waals surface area contributed by atoms with Crippen LogP contribution in [0.25, 0.3) is 0 Å². The molecule has 1 aromatic carbocycles. The van der Waals surface area contributed by atoms with Crippen LogP contribution in [-0.4, -0.2) is 10.9 Å². The van der Waals surface area contributed by atoms with E-state index in [1.54, 1.807) is 12.1 Å². The summed E-state index contributed by atoms with van der Waals surface area (Å²) in [6, 6.07) is 7.24. The second-order valence-corrected chi connectivity index (χ2v) is 5.22. The zero-order chi connectivity index (χ0) is 15.6. The molecule has 0 aliphatic rings. The molecule has 3 nitrogen and oxygen atoms in total. The van der Waals surface area contributed by atoms with Gasteiger partial charge in [0.25, 0.3) is 5.91 Å². The van der Waals surface area contributed by atoms with Gasteiger partial charge >= 0.3 is 6.18 Å². The molecule has 1 aromatic heterocycles. The van der Waals surface area contributed by atoms with Crippen LogP contribution in [0.5, 0.6) is 0 Å². The van der Waals surface area contributed by atoms with Gasteiger partial charge in [-0.05, 0) is 52.7 Å². The predicted molar refractivity (Wildman–Crippen MR) is 76.1 cm³/mol. The highest BCUT2D eigenvalue weighted by molar-refractivity contribution is 9.10. The van der Waals surface area contributed by atoms with Crippen LogP contribution in [0.4, 0.5) is 18.9 Å². The summed E-state index contributed by atoms with van der Waals surface area (Å²) >= 11 is 3.29. The summed E-state index contributed by atoms with van der Waals surface area (Å²) in [6.07, 6.45) is -3.83. The Morgan fingerprint density at radius 3 is 2.52 bits per heavy atom. The van der Waals surface area contributed by atoms with E-state index in [-0.39, 0.29) is 5.69 Å². The van der Waals surface area contributed by atoms with Crippen molar-refractivity contribution in [2.24, 2.45) is 0 Å². The van der Waals surface area contributed by atoms with Gasteiger partial charge in [0.2, 0.25) is 0 Å². The maximum atomic E-state index is 12.4. The van der Waals surface area contributed by atoms with Gasteiger partial charge < -0.3 is 5.32 Å². The van der Waals surface area contributed by atoms with Crippen LogP contribution in [0.2, 0.25) is 0 Å². The van der Waals surface area contributed by atoms with E-state index in [4.69, 9.17) is 0 Å². The molecule has 1 amide bonds. The number of benzene rings is 1. The number of hydrogen-bond donors (Lipinski definition) is 1. The third-order valence-corrected chi connectivity index (χ3v) is 3.39. The Hall–Kier alpha value is -1.89. The lowest BCUT2D eigenvalue weighted by molar-refractivity contribution is -0.137. The van der Waals surface area contributed by atoms with Gasteiger partial charge in [-0.2, -0.15) is 13.2 Å². The van der Waals surface area contributed by atoms with Crippen LogP contribution in [0, 0.1) is 6.92 Å². The number of alkyl halides is 3. The third-order valence-electron chi connectivity index (χ3n) is 2.69. The van der Waals surface area contributed by atoms with Gasteiger partial charge in [0.1, 0.15) is 5.69 Å². The first-order chi connectivity index (χ1) is 9.77. The highest BCUT2D eigenvalue weighted by Gasteiger charge is 2.30. The summed E-state index contributed by atoms with van der Waals surface area (Å²) in [7, 11) is 0. The van der Waals surface area contributed by atoms with Crippen LogP contribution in [0.1, 0.15) is 21.6 Å². The third kappa shape index (κ3) is 3.81. The molecule has 0 saturated carbocycles. The zero-order valence-corrected chi connectivity index (χ0v) is 12.4. The van der Waals surface area contributed by atoms with Gasteiger partial charge in [-0.3, -0.25) is 9.78 Å². The molecule has 2 aromatic rings. The van der Waals surface area contributed by atoms with E-state index in [0.717, 1.165) is 17.7 Å². The molecular formula is C14H10BrF3N2O. The number of anilines is 1. The van der Waals surface area contributed by atoms with Crippen molar-refractivity contribution >= 4 is 27.5 Å². The van der Waals surface area contributed by atoms with Gasteiger partial charge in [0.15, 0.2) is 0 Å². The molecule has 1 heterocycles. The average Bonchev–Trinajstić information content (AvgIpc) is 2.42. The first-order valence-electron chi connectivity index (χ1n) is 5.88. The predicted octanol–water partition coefficient (Wildman–Crippen LogP) is 4.42. The summed E-state index contributed by atoms with van der Waals surface area (Å²) in [4.78, 5) is 15.5. The average molecular weight is 359 g/mol. The number of aromatic nitrogens is 1. The van der Waals surface area contributed by atoms with Crippen molar-refractivity contribution in [1.29, 1.82) is 0 Å². The molecule has 0 bridgehead atoms. The van der Waals surface area contributed by atoms with Crippen molar-refractivity contribution in [3.63, 3.8) is 0 Å². The van der Waals surface area contributed by atoms with E-state index < -0.39 is 17.6 Å². The van der Waals surface area contributed by atoms with E-state index in [9.17, 15) is 18.0 Å². The molecule has 110 valence electrons. The van der Waals surface area contributed by atoms with Gasteiger partial charge in [0, 0.05) is 10.7 Å². The number of carbonyl (C=O) groups excluding carboxylic acids is 1. The molecule has 0 radical (unpaired) electrons. The molecule has 1 N–H and O–H groups in total. The summed E-state index contributed by atoms with van der Waals surface area (Å²) < 4.78 is 37.9. The Morgan fingerprint density at radius 1 is 1.24 bits per heavy atom. The number of amides is 1. The monoisotopic (exact) mass is 358 g/mol. The fraction of sp³-hybridized carbons (Fsp3) is 0.143. The van der Waals surface area contributed by atoms with Crippen molar-refractivity contribution in [3.8, 4) is 0 Å². The SMILES string of the molecule is Cc1ccc(Br)c(NC(=O)c2ccc(C(F)(F)F)cn2)c1. The number of carbonyl (C=O) groups is 1. The van der Waals surface area contributed by atoms with E-state index in [1.165, 1.54) is 0 Å². The zero-order valence-electron chi connectivity index (χ0n) is 10.8. The minimum absolute atomic E-state index is 0.0867. The first kappa shape index (κ1) is 15.5. The summed E-state index contributed by atoms with van der Waals surface area (Å²) in [5.41, 5.74) is 0.489. The fourth-order valence-electron chi connectivity index (χ4n) is 1.62. The molecule has 0 spiro atoms. The number of nitrogens with zero attached hydrogens (tertiary/aromatic N) is 1. The highest BCUT2D eigenvalue weighted by Crippen LogP contribution is 2.28. The molecule has 0 aliphatic carbocycles. The van der Waals surface area contributed by atoms with Gasteiger partial charge in [-0.15, -0.1) is 0 Å². The largest absolute Gasteiger partial charge is 0.417 e. The Morgan fingerprint density at radius 2 is 1.95 bits per heavy atom. The van der Waals surface area contributed by atoms with Gasteiger partial charge in [-0.25, -0.2) is 0 Å². The lowest BCUT2D eigenvalue weighted by Gasteiger charge is -2.09. The van der Waals surface area contributed by atoms with Crippen molar-refractivity contribution in [2.75, 3.05) is 5.32 Å². The van der Waals surface area contributed by atoms with Crippen LogP contribution in [-0.2, 0) is 6.18 Å². The molecule has 0 fully saturated rings. The lowest BCUT2D eigenvalue weighted by Crippen LogP contribution is -2.15. The molecule has 0 atom stereocenters. The maximum Gasteiger partial charge on any atom is 0.417 e. The van der Waals surface area contributed by atoms with Crippen molar-refractivity contribution in [3.05, 3.63) is 57.8 Å². The Kier molecular flexibility index (Phi) is 4.32. The standard InChI is InChI=1S/C14H10BrF3N2O/c1-8-2-4-10(15)12(6-8)20-13(21)11-5-3-9(7-19-11)14(16,17)18/h2-7H,1H3,(H,20,21). The normalized spacial score (nSPS) is 11.3. The second kappa shape index (κ2) is 5.85. The van der Waals surface area contributed by atoms with E-state index in [1.807, 2.05) is 13.0 Å². The van der Waals surface area contributed by atoms with Crippen LogP contribution < -0.4 is 5.32 Å². The molecule has 7 heteroatoms. The van der Waals surface area contributed by atoms with Crippen molar-refractivity contribution in [2.45, 2.75) is 13.1 Å². The molecule has 0 unspecified atom stereocenters. The minimum atomic E-state index is -4.47. The molecule has 2 rings (SSSR count). The second-order valence-electron chi connectivity index (χ2n) is 4.37. The topological polar surface area (TPSA) is 42.0 Å². The van der Waals surface area contributed by atoms with E-state index in [2.05, 4.69) is 26.2 Å². The summed E-state index contributed by atoms with van der Waals surface area (Å²) in [6.45, 7) is 1.86. The number of hydrogen-bond acceptors (Lipinski definition) is 2. The van der Waals surface area contributed by atoms with Crippen LogP contribution in [0.15, 0.2) is 41.0 Å². The van der Waals surface area contributed by atoms with Crippen LogP contribution >= 0.6 is 15.9 Å². The number of halogens is 4. The molecule has 21 heavy (non-hydrogen) atoms. The number of pyridine rings is 1. The smallest absolute Gasteiger partial charge is 0.320 e. The number of nitrogens with one attached hydrogen (secondary N) is 1. The quantitative estimate of drug-likeness (QED) is 0.862. The van der Waals surface area contributed by atoms with E-state index in [0.29, 0.717) is 16.4 Å². The lowest BCUT2D eigenvalue weighted by atomic mass is 10.2. The summed E-state index contributed by atoms with van der Waals surface area (Å²) in [5, 5.41) is 2.60. The fourth-order valence-corrected chi connectivity index (χ4v) is 1.96. The maximum absolute atomic E-state index is 12.4. The summed E-state index contributed by atoms with van der Waals surface area (Å²) in [5.74, 6) is -0.574. The Bertz CT molecular complexity index is 669. The molecule has 0 saturated heterocycles. The van der Waals surface area contributed by atoms with Crippen LogP contribution in [0.3, 0.4) is 0 Å².